The van der Waals surface area contributed by atoms with Gasteiger partial charge in [-0.3, -0.25) is 9.89 Å². The van der Waals surface area contributed by atoms with Crippen LogP contribution in [-0.4, -0.2) is 75.2 Å². The Morgan fingerprint density at radius 1 is 1.15 bits per heavy atom. The summed E-state index contributed by atoms with van der Waals surface area (Å²) in [7, 11) is 3.50. The molecule has 1 saturated heterocycles. The Kier molecular flexibility index (Phi) is 10.9. The zero-order valence-electron chi connectivity index (χ0n) is 16.5. The molecule has 0 aliphatic carbocycles. The molecule has 1 heterocycles. The maximum absolute atomic E-state index is 5.19. The van der Waals surface area contributed by atoms with Crippen molar-refractivity contribution in [3.05, 3.63) is 29.8 Å². The molecule has 1 aliphatic rings. The Balaban J connectivity index is 0.00000338. The third-order valence-electron chi connectivity index (χ3n) is 4.88. The number of piperazine rings is 1. The van der Waals surface area contributed by atoms with Crippen LogP contribution in [-0.2, 0) is 6.54 Å². The van der Waals surface area contributed by atoms with Gasteiger partial charge in [0.25, 0.3) is 0 Å². The van der Waals surface area contributed by atoms with Crippen molar-refractivity contribution >= 4 is 29.9 Å². The fourth-order valence-corrected chi connectivity index (χ4v) is 3.04. The Hall–Kier alpha value is -1.06. The van der Waals surface area contributed by atoms with Gasteiger partial charge < -0.3 is 20.3 Å². The van der Waals surface area contributed by atoms with Crippen LogP contribution in [0.15, 0.2) is 29.3 Å². The van der Waals surface area contributed by atoms with Crippen LogP contribution in [0.5, 0.6) is 5.75 Å². The lowest BCUT2D eigenvalue weighted by Gasteiger charge is -2.37. The molecule has 0 spiro atoms. The van der Waals surface area contributed by atoms with Crippen molar-refractivity contribution in [2.45, 2.75) is 26.4 Å². The molecule has 0 amide bonds. The van der Waals surface area contributed by atoms with Gasteiger partial charge in [-0.2, -0.15) is 0 Å². The molecular formula is C19H34IN5O. The number of ether oxygens (including phenoxy) is 1. The van der Waals surface area contributed by atoms with Crippen LogP contribution in [0.2, 0.25) is 0 Å². The van der Waals surface area contributed by atoms with E-state index in [9.17, 15) is 0 Å². The topological polar surface area (TPSA) is 52.1 Å². The van der Waals surface area contributed by atoms with Crippen molar-refractivity contribution in [1.82, 2.24) is 20.4 Å². The summed E-state index contributed by atoms with van der Waals surface area (Å²) in [6.07, 6.45) is 0. The molecular weight excluding hydrogens is 441 g/mol. The Bertz CT molecular complexity index is 529. The van der Waals surface area contributed by atoms with Crippen molar-refractivity contribution < 1.29 is 4.74 Å². The second kappa shape index (κ2) is 12.3. The van der Waals surface area contributed by atoms with Gasteiger partial charge in [-0.1, -0.05) is 19.1 Å². The second-order valence-corrected chi connectivity index (χ2v) is 6.47. The number of aliphatic imine (C=N–C) groups is 1. The summed E-state index contributed by atoms with van der Waals surface area (Å²) in [6, 6.07) is 8.58. The number of guanidine groups is 1. The smallest absolute Gasteiger partial charge is 0.191 e. The number of rotatable bonds is 7. The quantitative estimate of drug-likeness (QED) is 0.359. The molecule has 2 rings (SSSR count). The largest absolute Gasteiger partial charge is 0.497 e. The Morgan fingerprint density at radius 2 is 1.81 bits per heavy atom. The number of methoxy groups -OCH3 is 1. The van der Waals surface area contributed by atoms with Crippen molar-refractivity contribution in [1.29, 1.82) is 0 Å². The van der Waals surface area contributed by atoms with Crippen LogP contribution in [0.4, 0.5) is 0 Å². The molecule has 1 aliphatic heterocycles. The molecule has 26 heavy (non-hydrogen) atoms. The van der Waals surface area contributed by atoms with E-state index in [1.54, 1.807) is 7.11 Å². The summed E-state index contributed by atoms with van der Waals surface area (Å²) in [4.78, 5) is 9.38. The first-order valence-electron chi connectivity index (χ1n) is 9.20. The molecule has 1 aromatic carbocycles. The predicted molar refractivity (Wildman–Crippen MR) is 120 cm³/mol. The van der Waals surface area contributed by atoms with Gasteiger partial charge in [0.05, 0.1) is 7.11 Å². The number of halogens is 1. The van der Waals surface area contributed by atoms with Gasteiger partial charge in [0.15, 0.2) is 5.96 Å². The maximum atomic E-state index is 5.19. The minimum absolute atomic E-state index is 0. The lowest BCUT2D eigenvalue weighted by Crippen LogP contribution is -2.53. The zero-order valence-corrected chi connectivity index (χ0v) is 18.8. The third-order valence-corrected chi connectivity index (χ3v) is 4.88. The first kappa shape index (κ1) is 23.0. The molecule has 7 heteroatoms. The van der Waals surface area contributed by atoms with E-state index in [2.05, 4.69) is 51.4 Å². The highest BCUT2D eigenvalue weighted by atomic mass is 127. The predicted octanol–water partition coefficient (Wildman–Crippen LogP) is 2.00. The number of benzene rings is 1. The van der Waals surface area contributed by atoms with Crippen LogP contribution >= 0.6 is 24.0 Å². The highest BCUT2D eigenvalue weighted by molar-refractivity contribution is 14.0. The van der Waals surface area contributed by atoms with Gasteiger partial charge in [-0.25, -0.2) is 0 Å². The van der Waals surface area contributed by atoms with Crippen molar-refractivity contribution in [2.24, 2.45) is 4.99 Å². The minimum Gasteiger partial charge on any atom is -0.497 e. The van der Waals surface area contributed by atoms with Gasteiger partial charge in [-0.15, -0.1) is 24.0 Å². The Labute approximate surface area is 175 Å². The summed E-state index contributed by atoms with van der Waals surface area (Å²) in [5.74, 6) is 1.72. The maximum Gasteiger partial charge on any atom is 0.191 e. The fourth-order valence-electron chi connectivity index (χ4n) is 3.04. The average molecular weight is 475 g/mol. The van der Waals surface area contributed by atoms with Gasteiger partial charge in [0.2, 0.25) is 0 Å². The minimum atomic E-state index is 0. The zero-order chi connectivity index (χ0) is 18.1. The van der Waals surface area contributed by atoms with Gasteiger partial charge in [0, 0.05) is 52.4 Å². The number of hydrogen-bond donors (Lipinski definition) is 2. The van der Waals surface area contributed by atoms with E-state index < -0.39 is 0 Å². The van der Waals surface area contributed by atoms with E-state index in [-0.39, 0.29) is 24.0 Å². The highest BCUT2D eigenvalue weighted by Gasteiger charge is 2.20. The third kappa shape index (κ3) is 7.28. The number of nitrogens with zero attached hydrogens (tertiary/aromatic N) is 3. The van der Waals surface area contributed by atoms with Gasteiger partial charge in [0.1, 0.15) is 5.75 Å². The van der Waals surface area contributed by atoms with Crippen LogP contribution in [0, 0.1) is 0 Å². The molecule has 1 unspecified atom stereocenters. The molecule has 6 nitrogen and oxygen atoms in total. The van der Waals surface area contributed by atoms with E-state index in [0.717, 1.165) is 44.4 Å². The summed E-state index contributed by atoms with van der Waals surface area (Å²) < 4.78 is 5.19. The second-order valence-electron chi connectivity index (χ2n) is 6.47. The normalized spacial score (nSPS) is 17.3. The molecule has 2 N–H and O–H groups in total. The monoisotopic (exact) mass is 475 g/mol. The molecule has 0 bridgehead atoms. The summed E-state index contributed by atoms with van der Waals surface area (Å²) >= 11 is 0. The standard InChI is InChI=1S/C19H33N5O.HI/c1-5-23-10-12-24(13-11-23)16(2)14-21-19(20-3)22-15-17-6-8-18(25-4)9-7-17;/h6-9,16H,5,10-15H2,1-4H3,(H2,20,21,22);1H. The number of likely N-dealkylation sites (N-methyl/N-ethyl adjacent to an activating group) is 1. The summed E-state index contributed by atoms with van der Waals surface area (Å²) in [6.45, 7) is 12.0. The SMILES string of the molecule is CCN1CCN(C(C)CNC(=NC)NCc2ccc(OC)cc2)CC1.I. The van der Waals surface area contributed by atoms with Crippen LogP contribution in [0.25, 0.3) is 0 Å². The first-order chi connectivity index (χ1) is 12.2. The van der Waals surface area contributed by atoms with Crippen molar-refractivity contribution in [3.8, 4) is 5.75 Å². The molecule has 1 fully saturated rings. The number of nitrogens with one attached hydrogen (secondary N) is 2. The van der Waals surface area contributed by atoms with Gasteiger partial charge in [-0.05, 0) is 31.2 Å². The Morgan fingerprint density at radius 3 is 2.35 bits per heavy atom. The van der Waals surface area contributed by atoms with Crippen LogP contribution in [0.3, 0.4) is 0 Å². The van der Waals surface area contributed by atoms with Gasteiger partial charge >= 0.3 is 0 Å². The lowest BCUT2D eigenvalue weighted by molar-refractivity contribution is 0.107. The van der Waals surface area contributed by atoms with Crippen LogP contribution in [0.1, 0.15) is 19.4 Å². The fraction of sp³-hybridized carbons (Fsp3) is 0.632. The number of hydrogen-bond acceptors (Lipinski definition) is 4. The van der Waals surface area contributed by atoms with Crippen molar-refractivity contribution in [3.63, 3.8) is 0 Å². The first-order valence-corrected chi connectivity index (χ1v) is 9.20. The molecule has 0 radical (unpaired) electrons. The average Bonchev–Trinajstić information content (AvgIpc) is 2.68. The molecule has 148 valence electrons. The summed E-state index contributed by atoms with van der Waals surface area (Å²) in [5, 5.41) is 6.81. The molecule has 0 saturated carbocycles. The van der Waals surface area contributed by atoms with E-state index in [0.29, 0.717) is 6.04 Å². The lowest BCUT2D eigenvalue weighted by atomic mass is 10.2. The van der Waals surface area contributed by atoms with E-state index >= 15 is 0 Å². The van der Waals surface area contributed by atoms with E-state index in [1.165, 1.54) is 18.7 Å². The van der Waals surface area contributed by atoms with Crippen molar-refractivity contribution in [2.75, 3.05) is 53.4 Å². The molecule has 1 aromatic rings. The molecule has 0 aromatic heterocycles. The highest BCUT2D eigenvalue weighted by Crippen LogP contribution is 2.11. The summed E-state index contributed by atoms with van der Waals surface area (Å²) in [5.41, 5.74) is 1.20. The van der Waals surface area contributed by atoms with Crippen LogP contribution < -0.4 is 15.4 Å². The molecule has 1 atom stereocenters. The van der Waals surface area contributed by atoms with E-state index in [4.69, 9.17) is 4.74 Å². The van der Waals surface area contributed by atoms with E-state index in [1.807, 2.05) is 19.2 Å².